The molecule has 0 saturated heterocycles. The van der Waals surface area contributed by atoms with Crippen LogP contribution >= 0.6 is 0 Å². The third-order valence-corrected chi connectivity index (χ3v) is 3.42. The Hall–Kier alpha value is -1.43. The molecule has 0 spiro atoms. The van der Waals surface area contributed by atoms with Gasteiger partial charge in [-0.25, -0.2) is 0 Å². The molecular weight excluding hydrogens is 220 g/mol. The monoisotopic (exact) mass is 238 g/mol. The summed E-state index contributed by atoms with van der Waals surface area (Å²) < 4.78 is 5.59. The number of methoxy groups -OCH3 is 1. The summed E-state index contributed by atoms with van der Waals surface area (Å²) in [5, 5.41) is 12.6. The maximum atomic E-state index is 11.7. The molecule has 1 aliphatic rings. The minimum atomic E-state index is -0.208. The van der Waals surface area contributed by atoms with Crippen LogP contribution in [0.15, 0.2) is 6.20 Å². The van der Waals surface area contributed by atoms with E-state index in [1.54, 1.807) is 7.11 Å². The van der Waals surface area contributed by atoms with Gasteiger partial charge in [-0.15, -0.1) is 0 Å². The molecule has 17 heavy (non-hydrogen) atoms. The van der Waals surface area contributed by atoms with Crippen LogP contribution in [0.4, 0.5) is 0 Å². The predicted molar refractivity (Wildman–Crippen MR) is 61.5 cm³/mol. The molecule has 0 aliphatic heterocycles. The molecule has 6 nitrogen and oxygen atoms in total. The van der Waals surface area contributed by atoms with Crippen molar-refractivity contribution in [2.24, 2.45) is 0 Å². The van der Waals surface area contributed by atoms with E-state index in [4.69, 9.17) is 4.74 Å². The molecule has 1 aliphatic carbocycles. The zero-order chi connectivity index (χ0) is 12.1. The molecule has 1 aromatic heterocycles. The lowest BCUT2D eigenvalue weighted by molar-refractivity contribution is -0.0364. The van der Waals surface area contributed by atoms with Gasteiger partial charge in [0.15, 0.2) is 5.69 Å². The van der Waals surface area contributed by atoms with E-state index in [2.05, 4.69) is 20.7 Å². The van der Waals surface area contributed by atoms with Gasteiger partial charge in [0.1, 0.15) is 0 Å². The minimum Gasteiger partial charge on any atom is -0.376 e. The third kappa shape index (κ3) is 2.82. The van der Waals surface area contributed by atoms with Gasteiger partial charge in [0, 0.05) is 13.7 Å². The number of carbonyl (C=O) groups excluding carboxylic acids is 1. The van der Waals surface area contributed by atoms with Gasteiger partial charge in [0.25, 0.3) is 5.91 Å². The molecule has 1 aromatic rings. The van der Waals surface area contributed by atoms with Gasteiger partial charge < -0.3 is 10.1 Å². The summed E-state index contributed by atoms with van der Waals surface area (Å²) in [4.78, 5) is 11.7. The molecule has 0 aromatic carbocycles. The maximum Gasteiger partial charge on any atom is 0.273 e. The van der Waals surface area contributed by atoms with E-state index in [0.717, 1.165) is 25.7 Å². The summed E-state index contributed by atoms with van der Waals surface area (Å²) in [6, 6.07) is 0. The lowest BCUT2D eigenvalue weighted by atomic mass is 9.84. The standard InChI is InChI=1S/C11H18N4O2/c1-17-11(5-3-2-4-6-11)8-12-10(16)9-7-13-15-14-9/h7H,2-6,8H2,1H3,(H,12,16)(H,13,14,15). The van der Waals surface area contributed by atoms with Crippen LogP contribution in [0.1, 0.15) is 42.6 Å². The van der Waals surface area contributed by atoms with E-state index in [9.17, 15) is 4.79 Å². The fraction of sp³-hybridized carbons (Fsp3) is 0.727. The first-order chi connectivity index (χ1) is 8.26. The highest BCUT2D eigenvalue weighted by molar-refractivity contribution is 5.91. The topological polar surface area (TPSA) is 79.9 Å². The summed E-state index contributed by atoms with van der Waals surface area (Å²) >= 11 is 0. The average molecular weight is 238 g/mol. The fourth-order valence-electron chi connectivity index (χ4n) is 2.29. The second-order valence-electron chi connectivity index (χ2n) is 4.49. The summed E-state index contributed by atoms with van der Waals surface area (Å²) in [6.45, 7) is 0.537. The van der Waals surface area contributed by atoms with Crippen LogP contribution in [0.2, 0.25) is 0 Å². The van der Waals surface area contributed by atoms with Gasteiger partial charge in [-0.2, -0.15) is 15.4 Å². The highest BCUT2D eigenvalue weighted by Gasteiger charge is 2.32. The van der Waals surface area contributed by atoms with Gasteiger partial charge in [0.05, 0.1) is 11.8 Å². The number of hydrogen-bond donors (Lipinski definition) is 2. The lowest BCUT2D eigenvalue weighted by Crippen LogP contribution is -2.45. The molecule has 1 saturated carbocycles. The smallest absolute Gasteiger partial charge is 0.273 e. The summed E-state index contributed by atoms with van der Waals surface area (Å²) in [7, 11) is 1.72. The number of nitrogens with one attached hydrogen (secondary N) is 2. The van der Waals surface area contributed by atoms with Gasteiger partial charge in [-0.1, -0.05) is 19.3 Å². The van der Waals surface area contributed by atoms with E-state index < -0.39 is 0 Å². The second-order valence-corrected chi connectivity index (χ2v) is 4.49. The lowest BCUT2D eigenvalue weighted by Gasteiger charge is -2.35. The highest BCUT2D eigenvalue weighted by atomic mass is 16.5. The maximum absolute atomic E-state index is 11.7. The molecule has 2 rings (SSSR count). The molecular formula is C11H18N4O2. The molecule has 0 radical (unpaired) electrons. The van der Waals surface area contributed by atoms with E-state index in [1.807, 2.05) is 0 Å². The van der Waals surface area contributed by atoms with Crippen LogP contribution in [0.5, 0.6) is 0 Å². The Kier molecular flexibility index (Phi) is 3.73. The normalized spacial score (nSPS) is 18.9. The van der Waals surface area contributed by atoms with Gasteiger partial charge in [-0.3, -0.25) is 4.79 Å². The Morgan fingerprint density at radius 1 is 1.53 bits per heavy atom. The van der Waals surface area contributed by atoms with Crippen LogP contribution in [0, 0.1) is 0 Å². The first kappa shape index (κ1) is 12.0. The summed E-state index contributed by atoms with van der Waals surface area (Å²) in [5.74, 6) is -0.208. The Labute approximate surface area is 100 Å². The van der Waals surface area contributed by atoms with Gasteiger partial charge >= 0.3 is 0 Å². The number of hydrogen-bond acceptors (Lipinski definition) is 4. The number of ether oxygens (including phenoxy) is 1. The Balaban J connectivity index is 1.89. The van der Waals surface area contributed by atoms with E-state index >= 15 is 0 Å². The SMILES string of the molecule is COC1(CNC(=O)c2cn[nH]n2)CCCCC1. The van der Waals surface area contributed by atoms with Crippen molar-refractivity contribution in [3.8, 4) is 0 Å². The summed E-state index contributed by atoms with van der Waals surface area (Å²) in [5.41, 5.74) is 0.115. The van der Waals surface area contributed by atoms with E-state index in [1.165, 1.54) is 12.6 Å². The number of H-pyrrole nitrogens is 1. The van der Waals surface area contributed by atoms with Crippen molar-refractivity contribution in [3.63, 3.8) is 0 Å². The zero-order valence-electron chi connectivity index (χ0n) is 10.0. The number of amides is 1. The Morgan fingerprint density at radius 3 is 2.88 bits per heavy atom. The van der Waals surface area contributed by atoms with Crippen molar-refractivity contribution in [2.75, 3.05) is 13.7 Å². The molecule has 1 fully saturated rings. The number of aromatic nitrogens is 3. The molecule has 6 heteroatoms. The van der Waals surface area contributed by atoms with Gasteiger partial charge in [0.2, 0.25) is 0 Å². The zero-order valence-corrected chi connectivity index (χ0v) is 10.0. The van der Waals surface area contributed by atoms with Crippen molar-refractivity contribution in [1.29, 1.82) is 0 Å². The second kappa shape index (κ2) is 5.27. The van der Waals surface area contributed by atoms with Crippen LogP contribution in [-0.2, 0) is 4.74 Å². The van der Waals surface area contributed by atoms with Gasteiger partial charge in [-0.05, 0) is 12.8 Å². The average Bonchev–Trinajstić information content (AvgIpc) is 2.91. The van der Waals surface area contributed by atoms with Crippen molar-refractivity contribution in [2.45, 2.75) is 37.7 Å². The van der Waals surface area contributed by atoms with Crippen molar-refractivity contribution in [1.82, 2.24) is 20.7 Å². The Morgan fingerprint density at radius 2 is 2.29 bits per heavy atom. The van der Waals surface area contributed by atoms with Crippen LogP contribution in [0.25, 0.3) is 0 Å². The minimum absolute atomic E-state index is 0.197. The van der Waals surface area contributed by atoms with Crippen LogP contribution in [0.3, 0.4) is 0 Å². The number of rotatable bonds is 4. The van der Waals surface area contributed by atoms with Crippen molar-refractivity contribution >= 4 is 5.91 Å². The first-order valence-electron chi connectivity index (χ1n) is 5.95. The quantitative estimate of drug-likeness (QED) is 0.816. The predicted octanol–water partition coefficient (Wildman–Crippen LogP) is 0.884. The molecule has 1 amide bonds. The van der Waals surface area contributed by atoms with E-state index in [0.29, 0.717) is 12.2 Å². The van der Waals surface area contributed by atoms with Crippen molar-refractivity contribution < 1.29 is 9.53 Å². The molecule has 0 atom stereocenters. The summed E-state index contributed by atoms with van der Waals surface area (Å²) in [6.07, 6.45) is 6.99. The van der Waals surface area contributed by atoms with E-state index in [-0.39, 0.29) is 11.5 Å². The van der Waals surface area contributed by atoms with Crippen LogP contribution in [-0.4, -0.2) is 40.6 Å². The molecule has 1 heterocycles. The van der Waals surface area contributed by atoms with Crippen molar-refractivity contribution in [3.05, 3.63) is 11.9 Å². The third-order valence-electron chi connectivity index (χ3n) is 3.42. The Bertz CT molecular complexity index is 358. The molecule has 2 N–H and O–H groups in total. The van der Waals surface area contributed by atoms with Crippen LogP contribution < -0.4 is 5.32 Å². The molecule has 0 unspecified atom stereocenters. The first-order valence-corrected chi connectivity index (χ1v) is 5.95. The highest BCUT2D eigenvalue weighted by Crippen LogP contribution is 2.30. The molecule has 0 bridgehead atoms. The largest absolute Gasteiger partial charge is 0.376 e. The molecule has 94 valence electrons. The number of carbonyl (C=O) groups is 1. The fourth-order valence-corrected chi connectivity index (χ4v) is 2.29. The number of nitrogens with zero attached hydrogens (tertiary/aromatic N) is 2. The number of aromatic amines is 1.